The Balaban J connectivity index is 2.23. The minimum atomic E-state index is -3.93. The van der Waals surface area contributed by atoms with Crippen molar-refractivity contribution in [3.63, 3.8) is 0 Å². The number of halogens is 1. The van der Waals surface area contributed by atoms with Crippen LogP contribution in [0.1, 0.15) is 5.82 Å². The highest BCUT2D eigenvalue weighted by Gasteiger charge is 2.19. The molecule has 0 saturated carbocycles. The van der Waals surface area contributed by atoms with Gasteiger partial charge in [0.25, 0.3) is 0 Å². The summed E-state index contributed by atoms with van der Waals surface area (Å²) in [5, 5.41) is 3.43. The molecule has 0 spiro atoms. The van der Waals surface area contributed by atoms with Crippen LogP contribution in [0.3, 0.4) is 0 Å². The summed E-state index contributed by atoms with van der Waals surface area (Å²) in [4.78, 5) is 3.32. The predicted molar refractivity (Wildman–Crippen MR) is 59.1 cm³/mol. The highest BCUT2D eigenvalue weighted by atomic mass is 32.2. The zero-order valence-electron chi connectivity index (χ0n) is 9.00. The van der Waals surface area contributed by atoms with Gasteiger partial charge in [0.1, 0.15) is 10.7 Å². The van der Waals surface area contributed by atoms with E-state index in [-0.39, 0.29) is 17.3 Å². The lowest BCUT2D eigenvalue weighted by atomic mass is 10.3. The van der Waals surface area contributed by atoms with Gasteiger partial charge in [-0.1, -0.05) is 11.2 Å². The van der Waals surface area contributed by atoms with Gasteiger partial charge in [-0.2, -0.15) is 4.98 Å². The van der Waals surface area contributed by atoms with Crippen LogP contribution in [0.4, 0.5) is 10.1 Å². The Hall–Kier alpha value is -2.00. The van der Waals surface area contributed by atoms with E-state index < -0.39 is 21.5 Å². The number of rotatable bonds is 4. The molecule has 1 aromatic heterocycles. The number of sulfonamides is 1. The van der Waals surface area contributed by atoms with Crippen LogP contribution in [-0.4, -0.2) is 18.6 Å². The van der Waals surface area contributed by atoms with Gasteiger partial charge in [-0.15, -0.1) is 0 Å². The first-order chi connectivity index (χ1) is 8.50. The van der Waals surface area contributed by atoms with Crippen LogP contribution in [0, 0.1) is 5.82 Å². The van der Waals surface area contributed by atoms with Gasteiger partial charge in [0.2, 0.25) is 16.4 Å². The van der Waals surface area contributed by atoms with Gasteiger partial charge in [0.15, 0.2) is 5.82 Å². The number of hydrogen-bond donors (Lipinski definition) is 2. The second-order valence-electron chi connectivity index (χ2n) is 3.32. The number of anilines is 1. The van der Waals surface area contributed by atoms with Gasteiger partial charge in [0, 0.05) is 0 Å². The van der Waals surface area contributed by atoms with Crippen LogP contribution in [0.2, 0.25) is 0 Å². The second kappa shape index (κ2) is 4.70. The maximum Gasteiger partial charge on any atom is 0.243 e. The normalized spacial score (nSPS) is 11.6. The monoisotopic (exact) mass is 272 g/mol. The molecule has 0 radical (unpaired) electrons. The quantitative estimate of drug-likeness (QED) is 0.773. The average molecular weight is 272 g/mol. The number of hydrogen-bond acceptors (Lipinski definition) is 6. The highest BCUT2D eigenvalue weighted by molar-refractivity contribution is 7.89. The first kappa shape index (κ1) is 12.5. The lowest BCUT2D eigenvalue weighted by Crippen LogP contribution is -2.25. The number of benzene rings is 1. The third-order valence-electron chi connectivity index (χ3n) is 2.13. The minimum Gasteiger partial charge on any atom is -0.395 e. The van der Waals surface area contributed by atoms with Crippen LogP contribution in [0.5, 0.6) is 0 Å². The Morgan fingerprint density at radius 2 is 2.22 bits per heavy atom. The Labute approximate surface area is 102 Å². The molecule has 0 amide bonds. The fourth-order valence-corrected chi connectivity index (χ4v) is 2.38. The van der Waals surface area contributed by atoms with Gasteiger partial charge >= 0.3 is 0 Å². The van der Waals surface area contributed by atoms with E-state index in [0.29, 0.717) is 0 Å². The maximum absolute atomic E-state index is 13.2. The molecule has 0 fully saturated rings. The van der Waals surface area contributed by atoms with E-state index in [9.17, 15) is 12.8 Å². The Bertz CT molecular complexity index is 642. The second-order valence-corrected chi connectivity index (χ2v) is 5.06. The largest absolute Gasteiger partial charge is 0.395 e. The van der Waals surface area contributed by atoms with Crippen molar-refractivity contribution in [3.05, 3.63) is 36.2 Å². The van der Waals surface area contributed by atoms with Crippen LogP contribution in [-0.2, 0) is 16.6 Å². The molecule has 0 saturated heterocycles. The number of nitrogen functional groups attached to an aromatic ring is 1. The molecule has 2 aromatic rings. The van der Waals surface area contributed by atoms with Gasteiger partial charge < -0.3 is 10.3 Å². The summed E-state index contributed by atoms with van der Waals surface area (Å²) >= 11 is 0. The number of para-hydroxylation sites is 1. The van der Waals surface area contributed by atoms with Gasteiger partial charge in [-0.05, 0) is 12.1 Å². The van der Waals surface area contributed by atoms with Crippen molar-refractivity contribution in [2.75, 3.05) is 5.73 Å². The molecule has 0 aliphatic rings. The summed E-state index contributed by atoms with van der Waals surface area (Å²) in [6, 6.07) is 3.54. The van der Waals surface area contributed by atoms with E-state index in [1.54, 1.807) is 0 Å². The standard InChI is InChI=1S/C9H9FN4O3S/c10-6-2-1-3-7(9(6)11)18(15,16)13-4-8-12-5-17-14-8/h1-3,5,13H,4,11H2. The Morgan fingerprint density at radius 3 is 2.89 bits per heavy atom. The zero-order valence-corrected chi connectivity index (χ0v) is 9.82. The van der Waals surface area contributed by atoms with E-state index in [0.717, 1.165) is 12.5 Å². The Kier molecular flexibility index (Phi) is 3.26. The molecule has 2 rings (SSSR count). The molecule has 1 heterocycles. The molecule has 18 heavy (non-hydrogen) atoms. The van der Waals surface area contributed by atoms with Crippen molar-refractivity contribution in [1.29, 1.82) is 0 Å². The molecule has 0 aliphatic carbocycles. The van der Waals surface area contributed by atoms with Crippen LogP contribution >= 0.6 is 0 Å². The lowest BCUT2D eigenvalue weighted by Gasteiger charge is -2.07. The smallest absolute Gasteiger partial charge is 0.243 e. The zero-order chi connectivity index (χ0) is 13.2. The van der Waals surface area contributed by atoms with E-state index in [4.69, 9.17) is 5.73 Å². The maximum atomic E-state index is 13.2. The lowest BCUT2D eigenvalue weighted by molar-refractivity contribution is 0.409. The van der Waals surface area contributed by atoms with E-state index in [1.165, 1.54) is 12.1 Å². The van der Waals surface area contributed by atoms with Crippen LogP contribution in [0.25, 0.3) is 0 Å². The van der Waals surface area contributed by atoms with Crippen molar-refractivity contribution >= 4 is 15.7 Å². The number of aromatic nitrogens is 2. The first-order valence-corrected chi connectivity index (χ1v) is 6.28. The average Bonchev–Trinajstić information content (AvgIpc) is 2.83. The van der Waals surface area contributed by atoms with E-state index >= 15 is 0 Å². The molecule has 0 unspecified atom stereocenters. The molecule has 96 valence electrons. The van der Waals surface area contributed by atoms with Crippen LogP contribution in [0.15, 0.2) is 34.0 Å². The third-order valence-corrected chi connectivity index (χ3v) is 3.59. The summed E-state index contributed by atoms with van der Waals surface area (Å²) in [7, 11) is -3.93. The van der Waals surface area contributed by atoms with Crippen molar-refractivity contribution in [2.24, 2.45) is 0 Å². The van der Waals surface area contributed by atoms with E-state index in [1.807, 2.05) is 0 Å². The topological polar surface area (TPSA) is 111 Å². The molecule has 0 atom stereocenters. The molecule has 0 aliphatic heterocycles. The summed E-state index contributed by atoms with van der Waals surface area (Å²) < 4.78 is 43.5. The molecule has 3 N–H and O–H groups in total. The molecule has 7 nitrogen and oxygen atoms in total. The third kappa shape index (κ3) is 2.46. The van der Waals surface area contributed by atoms with Crippen molar-refractivity contribution < 1.29 is 17.3 Å². The van der Waals surface area contributed by atoms with Gasteiger partial charge in [-0.25, -0.2) is 17.5 Å². The number of nitrogens with one attached hydrogen (secondary N) is 1. The highest BCUT2D eigenvalue weighted by Crippen LogP contribution is 2.20. The van der Waals surface area contributed by atoms with Crippen molar-refractivity contribution in [2.45, 2.75) is 11.4 Å². The van der Waals surface area contributed by atoms with Gasteiger partial charge in [-0.3, -0.25) is 0 Å². The summed E-state index contributed by atoms with van der Waals surface area (Å²) in [5.41, 5.74) is 4.94. The predicted octanol–water partition coefficient (Wildman–Crippen LogP) is 0.269. The molecular weight excluding hydrogens is 263 g/mol. The molecular formula is C9H9FN4O3S. The van der Waals surface area contributed by atoms with Crippen molar-refractivity contribution in [3.8, 4) is 0 Å². The molecule has 9 heteroatoms. The van der Waals surface area contributed by atoms with Crippen molar-refractivity contribution in [1.82, 2.24) is 14.9 Å². The number of nitrogens with two attached hydrogens (primary N) is 1. The van der Waals surface area contributed by atoms with Crippen LogP contribution < -0.4 is 10.5 Å². The molecule has 1 aromatic carbocycles. The molecule has 0 bridgehead atoms. The number of nitrogens with zero attached hydrogens (tertiary/aromatic N) is 2. The summed E-state index contributed by atoms with van der Waals surface area (Å²) in [5.74, 6) is -0.633. The van der Waals surface area contributed by atoms with E-state index in [2.05, 4.69) is 19.4 Å². The fourth-order valence-electron chi connectivity index (χ4n) is 1.26. The summed E-state index contributed by atoms with van der Waals surface area (Å²) in [6.07, 6.45) is 1.07. The summed E-state index contributed by atoms with van der Waals surface area (Å²) in [6.45, 7) is -0.172. The SMILES string of the molecule is Nc1c(F)cccc1S(=O)(=O)NCc1ncon1. The Morgan fingerprint density at radius 1 is 1.44 bits per heavy atom. The first-order valence-electron chi connectivity index (χ1n) is 4.79. The minimum absolute atomic E-state index is 0.161. The fraction of sp³-hybridized carbons (Fsp3) is 0.111. The van der Waals surface area contributed by atoms with Gasteiger partial charge in [0.05, 0.1) is 12.2 Å².